The van der Waals surface area contributed by atoms with Crippen LogP contribution >= 0.6 is 0 Å². The summed E-state index contributed by atoms with van der Waals surface area (Å²) in [4.78, 5) is 14.7. The summed E-state index contributed by atoms with van der Waals surface area (Å²) in [6.45, 7) is 4.09. The number of rotatable bonds is 4. The smallest absolute Gasteiger partial charge is 0.222 e. The van der Waals surface area contributed by atoms with Crippen LogP contribution in [0.4, 0.5) is 0 Å². The summed E-state index contributed by atoms with van der Waals surface area (Å²) in [5, 5.41) is 14.2. The van der Waals surface area contributed by atoms with Crippen LogP contribution in [0.15, 0.2) is 0 Å². The van der Waals surface area contributed by atoms with Gasteiger partial charge >= 0.3 is 0 Å². The third-order valence-electron chi connectivity index (χ3n) is 5.46. The van der Waals surface area contributed by atoms with Gasteiger partial charge in [-0.3, -0.25) is 4.79 Å². The van der Waals surface area contributed by atoms with Crippen LogP contribution < -0.4 is 0 Å². The minimum Gasteiger partial charge on any atom is -0.342 e. The maximum Gasteiger partial charge on any atom is 0.222 e. The molecule has 1 aromatic rings. The van der Waals surface area contributed by atoms with Crippen LogP contribution in [0.25, 0.3) is 0 Å². The molecule has 1 aliphatic heterocycles. The first-order valence-electron chi connectivity index (χ1n) is 8.72. The minimum absolute atomic E-state index is 0.358. The molecule has 22 heavy (non-hydrogen) atoms. The van der Waals surface area contributed by atoms with E-state index in [9.17, 15) is 4.79 Å². The molecule has 0 bridgehead atoms. The van der Waals surface area contributed by atoms with Gasteiger partial charge in [-0.05, 0) is 37.0 Å². The predicted molar refractivity (Wildman–Crippen MR) is 82.9 cm³/mol. The Balaban J connectivity index is 1.51. The van der Waals surface area contributed by atoms with Crippen LogP contribution in [0.1, 0.15) is 57.7 Å². The highest BCUT2D eigenvalue weighted by Gasteiger charge is 2.29. The van der Waals surface area contributed by atoms with Crippen molar-refractivity contribution in [1.29, 1.82) is 0 Å². The van der Waals surface area contributed by atoms with Gasteiger partial charge in [-0.2, -0.15) is 5.21 Å². The fraction of sp³-hybridized carbons (Fsp3) is 0.875. The zero-order chi connectivity index (χ0) is 15.4. The molecule has 6 heteroatoms. The van der Waals surface area contributed by atoms with Gasteiger partial charge in [0.25, 0.3) is 0 Å². The molecule has 1 N–H and O–H groups in total. The summed E-state index contributed by atoms with van der Waals surface area (Å²) in [5.74, 6) is 2.90. The van der Waals surface area contributed by atoms with Gasteiger partial charge in [0, 0.05) is 25.9 Å². The van der Waals surface area contributed by atoms with Crippen LogP contribution in [0, 0.1) is 17.8 Å². The average Bonchev–Trinajstić information content (AvgIpc) is 3.03. The number of aromatic amines is 1. The second-order valence-electron chi connectivity index (χ2n) is 7.11. The number of piperidine rings is 1. The van der Waals surface area contributed by atoms with Gasteiger partial charge in [0.2, 0.25) is 5.91 Å². The summed E-state index contributed by atoms with van der Waals surface area (Å²) in [7, 11) is 0. The van der Waals surface area contributed by atoms with Crippen molar-refractivity contribution in [2.45, 2.75) is 58.3 Å². The maximum atomic E-state index is 12.6. The average molecular weight is 305 g/mol. The first kappa shape index (κ1) is 15.4. The van der Waals surface area contributed by atoms with Crippen molar-refractivity contribution in [3.8, 4) is 0 Å². The van der Waals surface area contributed by atoms with E-state index in [1.165, 1.54) is 25.7 Å². The standard InChI is InChI=1S/C16H27N5O/c1-12-5-2-3-7-14(12)10-16(22)21-8-4-6-13(11-21)9-15-17-19-20-18-15/h12-14H,2-11H2,1H3,(H,17,18,19,20). The molecule has 3 atom stereocenters. The van der Waals surface area contributed by atoms with E-state index in [1.807, 2.05) is 0 Å². The quantitative estimate of drug-likeness (QED) is 0.925. The molecule has 2 heterocycles. The molecule has 3 unspecified atom stereocenters. The molecule has 6 nitrogen and oxygen atoms in total. The molecule has 1 aliphatic carbocycles. The monoisotopic (exact) mass is 305 g/mol. The molecule has 122 valence electrons. The normalized spacial score (nSPS) is 29.5. The lowest BCUT2D eigenvalue weighted by Gasteiger charge is -2.35. The predicted octanol–water partition coefficient (Wildman–Crippen LogP) is 2.20. The zero-order valence-corrected chi connectivity index (χ0v) is 13.5. The van der Waals surface area contributed by atoms with Gasteiger partial charge in [0.05, 0.1) is 0 Å². The summed E-state index contributed by atoms with van der Waals surface area (Å²) >= 11 is 0. The third kappa shape index (κ3) is 3.84. The van der Waals surface area contributed by atoms with E-state index in [1.54, 1.807) is 0 Å². The Hall–Kier alpha value is -1.46. The number of carbonyl (C=O) groups excluding carboxylic acids is 1. The molecule has 2 aliphatic rings. The second kappa shape index (κ2) is 7.20. The topological polar surface area (TPSA) is 74.8 Å². The molecule has 0 aromatic carbocycles. The number of aromatic nitrogens is 4. The number of nitrogens with zero attached hydrogens (tertiary/aromatic N) is 4. The van der Waals surface area contributed by atoms with Crippen molar-refractivity contribution < 1.29 is 4.79 Å². The summed E-state index contributed by atoms with van der Waals surface area (Å²) in [6, 6.07) is 0. The molecular formula is C16H27N5O. The zero-order valence-electron chi connectivity index (χ0n) is 13.5. The Kier molecular flexibility index (Phi) is 5.05. The van der Waals surface area contributed by atoms with E-state index in [4.69, 9.17) is 0 Å². The fourth-order valence-corrected chi connectivity index (χ4v) is 4.04. The van der Waals surface area contributed by atoms with Crippen molar-refractivity contribution in [1.82, 2.24) is 25.5 Å². The number of nitrogens with one attached hydrogen (secondary N) is 1. The van der Waals surface area contributed by atoms with E-state index in [0.717, 1.165) is 44.6 Å². The minimum atomic E-state index is 0.358. The molecule has 0 spiro atoms. The van der Waals surface area contributed by atoms with Crippen molar-refractivity contribution in [2.75, 3.05) is 13.1 Å². The number of hydrogen-bond donors (Lipinski definition) is 1. The maximum absolute atomic E-state index is 12.6. The highest BCUT2D eigenvalue weighted by atomic mass is 16.2. The number of hydrogen-bond acceptors (Lipinski definition) is 4. The number of H-pyrrole nitrogens is 1. The molecule has 3 rings (SSSR count). The number of likely N-dealkylation sites (tertiary alicyclic amines) is 1. The lowest BCUT2D eigenvalue weighted by Crippen LogP contribution is -2.41. The van der Waals surface area contributed by atoms with Crippen molar-refractivity contribution in [3.63, 3.8) is 0 Å². The summed E-state index contributed by atoms with van der Waals surface area (Å²) in [5.41, 5.74) is 0. The van der Waals surface area contributed by atoms with Crippen LogP contribution in [-0.4, -0.2) is 44.5 Å². The lowest BCUT2D eigenvalue weighted by molar-refractivity contribution is -0.134. The van der Waals surface area contributed by atoms with Gasteiger partial charge in [0.15, 0.2) is 5.82 Å². The van der Waals surface area contributed by atoms with E-state index >= 15 is 0 Å². The Labute approximate surface area is 132 Å². The molecule has 0 radical (unpaired) electrons. The Morgan fingerprint density at radius 2 is 2.14 bits per heavy atom. The molecule has 2 fully saturated rings. The van der Waals surface area contributed by atoms with E-state index < -0.39 is 0 Å². The lowest BCUT2D eigenvalue weighted by atomic mass is 9.78. The third-order valence-corrected chi connectivity index (χ3v) is 5.46. The molecule has 1 amide bonds. The largest absolute Gasteiger partial charge is 0.342 e. The van der Waals surface area contributed by atoms with Crippen molar-refractivity contribution in [2.24, 2.45) is 17.8 Å². The van der Waals surface area contributed by atoms with Crippen LogP contribution in [0.2, 0.25) is 0 Å². The Morgan fingerprint density at radius 3 is 2.91 bits per heavy atom. The molecular weight excluding hydrogens is 278 g/mol. The summed E-state index contributed by atoms with van der Waals surface area (Å²) in [6.07, 6.45) is 8.96. The van der Waals surface area contributed by atoms with E-state index in [-0.39, 0.29) is 0 Å². The molecule has 1 aromatic heterocycles. The van der Waals surface area contributed by atoms with Gasteiger partial charge in [0.1, 0.15) is 0 Å². The van der Waals surface area contributed by atoms with Crippen LogP contribution in [0.3, 0.4) is 0 Å². The first-order valence-corrected chi connectivity index (χ1v) is 8.72. The fourth-order valence-electron chi connectivity index (χ4n) is 4.04. The Bertz CT molecular complexity index is 475. The summed E-state index contributed by atoms with van der Waals surface area (Å²) < 4.78 is 0. The first-order chi connectivity index (χ1) is 10.7. The van der Waals surface area contributed by atoms with Gasteiger partial charge < -0.3 is 4.90 Å². The van der Waals surface area contributed by atoms with Gasteiger partial charge in [-0.1, -0.05) is 31.4 Å². The highest BCUT2D eigenvalue weighted by Crippen LogP contribution is 2.32. The van der Waals surface area contributed by atoms with E-state index in [2.05, 4.69) is 32.4 Å². The van der Waals surface area contributed by atoms with Crippen molar-refractivity contribution in [3.05, 3.63) is 5.82 Å². The Morgan fingerprint density at radius 1 is 1.27 bits per heavy atom. The van der Waals surface area contributed by atoms with E-state index in [0.29, 0.717) is 23.7 Å². The van der Waals surface area contributed by atoms with Gasteiger partial charge in [-0.25, -0.2) is 0 Å². The van der Waals surface area contributed by atoms with Gasteiger partial charge in [-0.15, -0.1) is 10.2 Å². The second-order valence-corrected chi connectivity index (χ2v) is 7.11. The van der Waals surface area contributed by atoms with Crippen LogP contribution in [0.5, 0.6) is 0 Å². The van der Waals surface area contributed by atoms with Crippen molar-refractivity contribution >= 4 is 5.91 Å². The number of tetrazole rings is 1. The number of carbonyl (C=O) groups is 1. The number of amides is 1. The highest BCUT2D eigenvalue weighted by molar-refractivity contribution is 5.76. The molecule has 1 saturated carbocycles. The molecule has 1 saturated heterocycles. The van der Waals surface area contributed by atoms with Crippen LogP contribution in [-0.2, 0) is 11.2 Å². The SMILES string of the molecule is CC1CCCCC1CC(=O)N1CCCC(Cc2nn[nH]n2)C1.